The number of carbonyl (C=O) groups is 1. The van der Waals surface area contributed by atoms with Gasteiger partial charge in [0.1, 0.15) is 0 Å². The van der Waals surface area contributed by atoms with E-state index in [2.05, 4.69) is 0 Å². The Balaban J connectivity index is 3.03. The van der Waals surface area contributed by atoms with Gasteiger partial charge in [0.25, 0.3) is 5.56 Å². The molecule has 0 atom stereocenters. The number of carbonyl (C=O) groups excluding carboxylic acids is 1. The van der Waals surface area contributed by atoms with Crippen LogP contribution in [-0.2, 0) is 7.05 Å². The maximum absolute atomic E-state index is 11.6. The lowest BCUT2D eigenvalue weighted by Gasteiger charge is -2.01. The first-order valence-electron chi connectivity index (χ1n) is 4.09. The standard InChI is InChI=1S/C9H9N3O2/c1-11-8(13)6-4-2-3-5-7(6)12(11)9(10)14/h2-5H,1H3,(H2,10,14). The third kappa shape index (κ3) is 0.953. The lowest BCUT2D eigenvalue weighted by atomic mass is 10.2. The Bertz CT molecular complexity index is 565. The molecule has 1 aromatic carbocycles. The van der Waals surface area contributed by atoms with Crippen molar-refractivity contribution in [1.29, 1.82) is 0 Å². The molecule has 0 fully saturated rings. The lowest BCUT2D eigenvalue weighted by Crippen LogP contribution is -2.29. The molecule has 0 aliphatic heterocycles. The maximum atomic E-state index is 11.6. The fourth-order valence-electron chi connectivity index (χ4n) is 1.53. The van der Waals surface area contributed by atoms with E-state index in [9.17, 15) is 9.59 Å². The molecule has 1 heterocycles. The van der Waals surface area contributed by atoms with Crippen LogP contribution in [0.25, 0.3) is 10.9 Å². The van der Waals surface area contributed by atoms with Crippen LogP contribution in [0.1, 0.15) is 0 Å². The summed E-state index contributed by atoms with van der Waals surface area (Å²) in [5.41, 5.74) is 5.47. The highest BCUT2D eigenvalue weighted by Crippen LogP contribution is 2.08. The van der Waals surface area contributed by atoms with Crippen LogP contribution in [0.5, 0.6) is 0 Å². The summed E-state index contributed by atoms with van der Waals surface area (Å²) >= 11 is 0. The zero-order chi connectivity index (χ0) is 10.3. The molecule has 5 heteroatoms. The summed E-state index contributed by atoms with van der Waals surface area (Å²) < 4.78 is 2.35. The Kier molecular flexibility index (Phi) is 1.67. The topological polar surface area (TPSA) is 70.0 Å². The van der Waals surface area contributed by atoms with Crippen LogP contribution in [0.3, 0.4) is 0 Å². The Morgan fingerprint density at radius 1 is 1.36 bits per heavy atom. The maximum Gasteiger partial charge on any atom is 0.338 e. The van der Waals surface area contributed by atoms with Crippen LogP contribution in [0, 0.1) is 0 Å². The molecule has 5 nitrogen and oxygen atoms in total. The highest BCUT2D eigenvalue weighted by Gasteiger charge is 2.12. The lowest BCUT2D eigenvalue weighted by molar-refractivity contribution is 0.245. The van der Waals surface area contributed by atoms with Gasteiger partial charge in [0.15, 0.2) is 0 Å². The van der Waals surface area contributed by atoms with Crippen LogP contribution in [0.4, 0.5) is 4.79 Å². The minimum atomic E-state index is -0.661. The molecule has 2 N–H and O–H groups in total. The van der Waals surface area contributed by atoms with Crippen molar-refractivity contribution in [3.05, 3.63) is 34.6 Å². The minimum absolute atomic E-state index is 0.223. The van der Waals surface area contributed by atoms with Gasteiger partial charge in [-0.3, -0.25) is 4.79 Å². The van der Waals surface area contributed by atoms with Gasteiger partial charge in [-0.25, -0.2) is 9.48 Å². The second-order valence-electron chi connectivity index (χ2n) is 3.00. The second kappa shape index (κ2) is 2.73. The van der Waals surface area contributed by atoms with E-state index < -0.39 is 6.03 Å². The molecule has 2 aromatic rings. The van der Waals surface area contributed by atoms with E-state index in [1.54, 1.807) is 24.3 Å². The third-order valence-corrected chi connectivity index (χ3v) is 2.17. The van der Waals surface area contributed by atoms with Gasteiger partial charge in [-0.15, -0.1) is 0 Å². The van der Waals surface area contributed by atoms with E-state index in [0.29, 0.717) is 10.9 Å². The van der Waals surface area contributed by atoms with E-state index >= 15 is 0 Å². The largest absolute Gasteiger partial charge is 0.350 e. The number of para-hydroxylation sites is 1. The van der Waals surface area contributed by atoms with Crippen molar-refractivity contribution < 1.29 is 4.79 Å². The quantitative estimate of drug-likeness (QED) is 0.649. The van der Waals surface area contributed by atoms with Gasteiger partial charge in [-0.05, 0) is 12.1 Å². The molecule has 0 aliphatic rings. The fourth-order valence-corrected chi connectivity index (χ4v) is 1.53. The summed E-state index contributed by atoms with van der Waals surface area (Å²) in [5.74, 6) is 0. The smallest absolute Gasteiger partial charge is 0.338 e. The zero-order valence-corrected chi connectivity index (χ0v) is 7.60. The fraction of sp³-hybridized carbons (Fsp3) is 0.111. The molecule has 0 aliphatic carbocycles. The molecule has 72 valence electrons. The first kappa shape index (κ1) is 8.55. The predicted molar refractivity (Wildman–Crippen MR) is 52.2 cm³/mol. The molecule has 0 saturated heterocycles. The van der Waals surface area contributed by atoms with Crippen molar-refractivity contribution in [2.45, 2.75) is 0 Å². The van der Waals surface area contributed by atoms with E-state index in [4.69, 9.17) is 5.73 Å². The Labute approximate surface area is 79.3 Å². The Hall–Kier alpha value is -2.04. The predicted octanol–water partition coefficient (Wildman–Crippen LogP) is 0.267. The summed E-state index contributed by atoms with van der Waals surface area (Å²) in [6, 6.07) is 6.18. The van der Waals surface area contributed by atoms with Gasteiger partial charge >= 0.3 is 6.03 Å². The highest BCUT2D eigenvalue weighted by atomic mass is 16.2. The number of nitrogens with two attached hydrogens (primary N) is 1. The van der Waals surface area contributed by atoms with Gasteiger partial charge in [-0.2, -0.15) is 4.68 Å². The molecule has 0 unspecified atom stereocenters. The molecule has 1 aromatic heterocycles. The summed E-state index contributed by atoms with van der Waals surface area (Å²) in [7, 11) is 1.51. The van der Waals surface area contributed by atoms with E-state index in [1.165, 1.54) is 11.7 Å². The van der Waals surface area contributed by atoms with Gasteiger partial charge in [-0.1, -0.05) is 12.1 Å². The summed E-state index contributed by atoms with van der Waals surface area (Å²) in [5, 5.41) is 0.494. The van der Waals surface area contributed by atoms with Crippen LogP contribution < -0.4 is 11.3 Å². The van der Waals surface area contributed by atoms with Gasteiger partial charge in [0.05, 0.1) is 10.9 Å². The second-order valence-corrected chi connectivity index (χ2v) is 3.00. The van der Waals surface area contributed by atoms with Crippen molar-refractivity contribution in [3.63, 3.8) is 0 Å². The summed E-state index contributed by atoms with van der Waals surface area (Å²) in [4.78, 5) is 22.7. The van der Waals surface area contributed by atoms with Crippen LogP contribution in [-0.4, -0.2) is 15.4 Å². The first-order valence-corrected chi connectivity index (χ1v) is 4.09. The normalized spacial score (nSPS) is 10.6. The van der Waals surface area contributed by atoms with Crippen molar-refractivity contribution in [1.82, 2.24) is 9.36 Å². The number of rotatable bonds is 0. The van der Waals surface area contributed by atoms with Crippen LogP contribution in [0.2, 0.25) is 0 Å². The SMILES string of the molecule is Cn1c(=O)c2ccccc2n1C(N)=O. The van der Waals surface area contributed by atoms with E-state index in [0.717, 1.165) is 4.68 Å². The number of nitrogens with zero attached hydrogens (tertiary/aromatic N) is 2. The number of aromatic nitrogens is 2. The van der Waals surface area contributed by atoms with Gasteiger partial charge < -0.3 is 5.73 Å². The van der Waals surface area contributed by atoms with Gasteiger partial charge in [0.2, 0.25) is 0 Å². The number of hydrogen-bond acceptors (Lipinski definition) is 2. The van der Waals surface area contributed by atoms with Crippen LogP contribution in [0.15, 0.2) is 29.1 Å². The molecular formula is C9H9N3O2. The minimum Gasteiger partial charge on any atom is -0.350 e. The highest BCUT2D eigenvalue weighted by molar-refractivity contribution is 5.89. The average Bonchev–Trinajstić information content (AvgIpc) is 2.41. The molecule has 1 amide bonds. The number of hydrogen-bond donors (Lipinski definition) is 1. The monoisotopic (exact) mass is 191 g/mol. The molecule has 0 spiro atoms. The number of benzene rings is 1. The number of primary amides is 1. The summed E-state index contributed by atoms with van der Waals surface area (Å²) in [6.07, 6.45) is 0. The Morgan fingerprint density at radius 2 is 2.00 bits per heavy atom. The van der Waals surface area contributed by atoms with E-state index in [1.807, 2.05) is 0 Å². The molecule has 0 radical (unpaired) electrons. The van der Waals surface area contributed by atoms with E-state index in [-0.39, 0.29) is 5.56 Å². The van der Waals surface area contributed by atoms with Crippen molar-refractivity contribution >= 4 is 16.9 Å². The molecular weight excluding hydrogens is 182 g/mol. The molecule has 0 bridgehead atoms. The van der Waals surface area contributed by atoms with Crippen molar-refractivity contribution in [2.24, 2.45) is 12.8 Å². The first-order chi connectivity index (χ1) is 6.63. The summed E-state index contributed by atoms with van der Waals surface area (Å²) in [6.45, 7) is 0. The Morgan fingerprint density at radius 3 is 2.64 bits per heavy atom. The third-order valence-electron chi connectivity index (χ3n) is 2.17. The van der Waals surface area contributed by atoms with Crippen molar-refractivity contribution in [3.8, 4) is 0 Å². The number of amides is 1. The average molecular weight is 191 g/mol. The number of fused-ring (bicyclic) bond motifs is 1. The zero-order valence-electron chi connectivity index (χ0n) is 7.60. The van der Waals surface area contributed by atoms with Crippen molar-refractivity contribution in [2.75, 3.05) is 0 Å². The van der Waals surface area contributed by atoms with Crippen LogP contribution >= 0.6 is 0 Å². The molecule has 2 rings (SSSR count). The molecule has 0 saturated carbocycles. The van der Waals surface area contributed by atoms with Gasteiger partial charge in [0, 0.05) is 7.05 Å². The molecule has 14 heavy (non-hydrogen) atoms.